The number of aromatic nitrogens is 3. The first-order valence-corrected chi connectivity index (χ1v) is 6.35. The zero-order chi connectivity index (χ0) is 12.3. The number of hydrogen-bond donors (Lipinski definition) is 1. The number of nitrogens with one attached hydrogen (secondary N) is 1. The van der Waals surface area contributed by atoms with Gasteiger partial charge in [-0.15, -0.1) is 5.10 Å². The molecule has 1 atom stereocenters. The molecule has 5 nitrogen and oxygen atoms in total. The number of nitrogens with zero attached hydrogens (tertiary/aromatic N) is 3. The van der Waals surface area contributed by atoms with Crippen molar-refractivity contribution < 1.29 is 4.42 Å². The van der Waals surface area contributed by atoms with E-state index < -0.39 is 0 Å². The smallest absolute Gasteiger partial charge is 0.174 e. The lowest BCUT2D eigenvalue weighted by atomic mass is 10.1. The van der Waals surface area contributed by atoms with Crippen LogP contribution < -0.4 is 5.32 Å². The van der Waals surface area contributed by atoms with Crippen molar-refractivity contribution in [2.75, 3.05) is 7.05 Å². The average Bonchev–Trinajstić information content (AvgIpc) is 2.92. The van der Waals surface area contributed by atoms with Gasteiger partial charge in [-0.25, -0.2) is 4.68 Å². The molecule has 0 saturated heterocycles. The van der Waals surface area contributed by atoms with Crippen molar-refractivity contribution in [3.8, 4) is 0 Å². The standard InChI is InChI=1S/C11H15BrN4O/c1-3-5-16-9(7-14-15-16)10(13-2)8-4-6-17-11(8)12/h4,6-7,10,13H,3,5H2,1-2H3. The van der Waals surface area contributed by atoms with E-state index in [4.69, 9.17) is 4.42 Å². The number of hydrogen-bond acceptors (Lipinski definition) is 4. The molecule has 0 bridgehead atoms. The molecule has 0 aromatic carbocycles. The Balaban J connectivity index is 2.35. The molecule has 17 heavy (non-hydrogen) atoms. The van der Waals surface area contributed by atoms with Gasteiger partial charge in [0, 0.05) is 12.1 Å². The summed E-state index contributed by atoms with van der Waals surface area (Å²) >= 11 is 3.40. The van der Waals surface area contributed by atoms with Gasteiger partial charge in [0.05, 0.1) is 24.2 Å². The third kappa shape index (κ3) is 2.42. The Morgan fingerprint density at radius 2 is 2.41 bits per heavy atom. The Morgan fingerprint density at radius 3 is 3.00 bits per heavy atom. The van der Waals surface area contributed by atoms with E-state index in [9.17, 15) is 0 Å². The van der Waals surface area contributed by atoms with Gasteiger partial charge in [-0.2, -0.15) is 0 Å². The van der Waals surface area contributed by atoms with Crippen LogP contribution in [0.4, 0.5) is 0 Å². The number of aryl methyl sites for hydroxylation is 1. The maximum atomic E-state index is 5.27. The van der Waals surface area contributed by atoms with Gasteiger partial charge in [-0.3, -0.25) is 0 Å². The normalized spacial score (nSPS) is 12.9. The predicted octanol–water partition coefficient (Wildman–Crippen LogP) is 2.35. The molecule has 0 aliphatic carbocycles. The fourth-order valence-corrected chi connectivity index (χ4v) is 2.32. The molecule has 2 aromatic rings. The summed E-state index contributed by atoms with van der Waals surface area (Å²) in [6.45, 7) is 2.98. The van der Waals surface area contributed by atoms with Gasteiger partial charge < -0.3 is 9.73 Å². The van der Waals surface area contributed by atoms with Crippen LogP contribution in [0, 0.1) is 0 Å². The number of halogens is 1. The maximum Gasteiger partial charge on any atom is 0.174 e. The summed E-state index contributed by atoms with van der Waals surface area (Å²) in [5.41, 5.74) is 2.09. The first-order chi connectivity index (χ1) is 8.27. The fourth-order valence-electron chi connectivity index (χ4n) is 1.85. The molecule has 1 N–H and O–H groups in total. The molecule has 2 heterocycles. The summed E-state index contributed by atoms with van der Waals surface area (Å²) in [6, 6.07) is 1.97. The Morgan fingerprint density at radius 1 is 1.59 bits per heavy atom. The van der Waals surface area contributed by atoms with Gasteiger partial charge in [0.1, 0.15) is 0 Å². The highest BCUT2D eigenvalue weighted by molar-refractivity contribution is 9.10. The van der Waals surface area contributed by atoms with Crippen LogP contribution in [-0.2, 0) is 6.54 Å². The quantitative estimate of drug-likeness (QED) is 0.921. The lowest BCUT2D eigenvalue weighted by Crippen LogP contribution is -2.21. The second-order valence-corrected chi connectivity index (χ2v) is 4.47. The Bertz CT molecular complexity index is 479. The zero-order valence-electron chi connectivity index (χ0n) is 9.85. The van der Waals surface area contributed by atoms with E-state index in [0.717, 1.165) is 28.9 Å². The van der Waals surface area contributed by atoms with Crippen molar-refractivity contribution in [3.05, 3.63) is 34.5 Å². The van der Waals surface area contributed by atoms with Crippen molar-refractivity contribution in [3.63, 3.8) is 0 Å². The highest BCUT2D eigenvalue weighted by atomic mass is 79.9. The van der Waals surface area contributed by atoms with E-state index in [1.54, 1.807) is 12.5 Å². The zero-order valence-corrected chi connectivity index (χ0v) is 11.4. The second-order valence-electron chi connectivity index (χ2n) is 3.75. The second kappa shape index (κ2) is 5.46. The SMILES string of the molecule is CCCn1nncc1C(NC)c1ccoc1Br. The Kier molecular flexibility index (Phi) is 3.96. The molecule has 0 aliphatic rings. The molecular weight excluding hydrogens is 284 g/mol. The predicted molar refractivity (Wildman–Crippen MR) is 67.6 cm³/mol. The minimum Gasteiger partial charge on any atom is -0.457 e. The first-order valence-electron chi connectivity index (χ1n) is 5.56. The molecule has 2 aromatic heterocycles. The number of rotatable bonds is 5. The van der Waals surface area contributed by atoms with Gasteiger partial charge in [0.15, 0.2) is 4.67 Å². The van der Waals surface area contributed by atoms with E-state index in [0.29, 0.717) is 0 Å². The molecule has 92 valence electrons. The Labute approximate surface area is 108 Å². The molecular formula is C11H15BrN4O. The lowest BCUT2D eigenvalue weighted by Gasteiger charge is -2.15. The third-order valence-electron chi connectivity index (χ3n) is 2.62. The van der Waals surface area contributed by atoms with Crippen molar-refractivity contribution in [1.29, 1.82) is 0 Å². The molecule has 0 amide bonds. The summed E-state index contributed by atoms with van der Waals surface area (Å²) < 4.78 is 7.93. The van der Waals surface area contributed by atoms with Crippen molar-refractivity contribution >= 4 is 15.9 Å². The topological polar surface area (TPSA) is 55.9 Å². The summed E-state index contributed by atoms with van der Waals surface area (Å²) in [5, 5.41) is 11.3. The Hall–Kier alpha value is -1.14. The van der Waals surface area contributed by atoms with Crippen LogP contribution in [-0.4, -0.2) is 22.0 Å². The van der Waals surface area contributed by atoms with Crippen LogP contribution in [0.1, 0.15) is 30.6 Å². The molecule has 0 fully saturated rings. The van der Waals surface area contributed by atoms with Gasteiger partial charge in [0.2, 0.25) is 0 Å². The molecule has 0 saturated carbocycles. The summed E-state index contributed by atoms with van der Waals surface area (Å²) in [4.78, 5) is 0. The van der Waals surface area contributed by atoms with Crippen molar-refractivity contribution in [1.82, 2.24) is 20.3 Å². The first kappa shape index (κ1) is 12.3. The highest BCUT2D eigenvalue weighted by Gasteiger charge is 2.21. The average molecular weight is 299 g/mol. The van der Waals surface area contributed by atoms with Crippen LogP contribution in [0.15, 0.2) is 27.6 Å². The van der Waals surface area contributed by atoms with Crippen LogP contribution >= 0.6 is 15.9 Å². The minimum absolute atomic E-state index is 0.0321. The van der Waals surface area contributed by atoms with E-state index in [-0.39, 0.29) is 6.04 Å². The summed E-state index contributed by atoms with van der Waals surface area (Å²) in [7, 11) is 1.91. The van der Waals surface area contributed by atoms with Crippen LogP contribution in [0.3, 0.4) is 0 Å². The maximum absolute atomic E-state index is 5.27. The van der Waals surface area contributed by atoms with Crippen molar-refractivity contribution in [2.24, 2.45) is 0 Å². The van der Waals surface area contributed by atoms with E-state index in [1.807, 2.05) is 17.8 Å². The molecule has 1 unspecified atom stereocenters. The van der Waals surface area contributed by atoms with E-state index in [1.165, 1.54) is 0 Å². The van der Waals surface area contributed by atoms with E-state index in [2.05, 4.69) is 38.5 Å². The van der Waals surface area contributed by atoms with E-state index >= 15 is 0 Å². The molecule has 0 radical (unpaired) electrons. The highest BCUT2D eigenvalue weighted by Crippen LogP contribution is 2.28. The van der Waals surface area contributed by atoms with Crippen LogP contribution in [0.25, 0.3) is 0 Å². The number of furan rings is 1. The van der Waals surface area contributed by atoms with Gasteiger partial charge >= 0.3 is 0 Å². The van der Waals surface area contributed by atoms with Gasteiger partial charge in [-0.05, 0) is 35.5 Å². The molecule has 0 spiro atoms. The molecule has 0 aliphatic heterocycles. The van der Waals surface area contributed by atoms with Crippen LogP contribution in [0.5, 0.6) is 0 Å². The fraction of sp³-hybridized carbons (Fsp3) is 0.455. The molecule has 2 rings (SSSR count). The third-order valence-corrected chi connectivity index (χ3v) is 3.27. The minimum atomic E-state index is 0.0321. The van der Waals surface area contributed by atoms with Crippen molar-refractivity contribution in [2.45, 2.75) is 25.9 Å². The van der Waals surface area contributed by atoms with Crippen LogP contribution in [0.2, 0.25) is 0 Å². The van der Waals surface area contributed by atoms with Gasteiger partial charge in [0.25, 0.3) is 0 Å². The largest absolute Gasteiger partial charge is 0.457 e. The summed E-state index contributed by atoms with van der Waals surface area (Å²) in [5.74, 6) is 0. The lowest BCUT2D eigenvalue weighted by molar-refractivity contribution is 0.507. The molecule has 6 heteroatoms. The monoisotopic (exact) mass is 298 g/mol. The van der Waals surface area contributed by atoms with Gasteiger partial charge in [-0.1, -0.05) is 12.1 Å². The summed E-state index contributed by atoms with van der Waals surface area (Å²) in [6.07, 6.45) is 4.48.